The maximum Gasteiger partial charge on any atom is 0.338 e. The van der Waals surface area contributed by atoms with Gasteiger partial charge in [0.2, 0.25) is 5.96 Å². The lowest BCUT2D eigenvalue weighted by atomic mass is 9.95. The molecular formula is C26H22ClN7O4. The molecule has 1 unspecified atom stereocenters. The van der Waals surface area contributed by atoms with Crippen LogP contribution in [0.5, 0.6) is 0 Å². The fourth-order valence-corrected chi connectivity index (χ4v) is 4.22. The predicted octanol–water partition coefficient (Wildman–Crippen LogP) is 4.27. The number of pyridine rings is 1. The average Bonchev–Trinajstić information content (AvgIpc) is 3.29. The monoisotopic (exact) mass is 531 g/mol. The minimum absolute atomic E-state index is 0.176. The summed E-state index contributed by atoms with van der Waals surface area (Å²) >= 11 is 6.51. The molecule has 0 saturated carbocycles. The normalized spacial score (nSPS) is 15.0. The van der Waals surface area contributed by atoms with Crippen molar-refractivity contribution in [3.05, 3.63) is 88.2 Å². The number of nitrogens with one attached hydrogen (secondary N) is 3. The summed E-state index contributed by atoms with van der Waals surface area (Å²) in [6.07, 6.45) is 1.40. The summed E-state index contributed by atoms with van der Waals surface area (Å²) in [5, 5.41) is 9.28. The van der Waals surface area contributed by atoms with E-state index in [4.69, 9.17) is 31.5 Å². The van der Waals surface area contributed by atoms with Crippen molar-refractivity contribution < 1.29 is 18.7 Å². The Morgan fingerprint density at radius 3 is 2.76 bits per heavy atom. The molecule has 1 amide bonds. The van der Waals surface area contributed by atoms with Gasteiger partial charge in [0.1, 0.15) is 17.4 Å². The van der Waals surface area contributed by atoms with Gasteiger partial charge >= 0.3 is 12.0 Å². The summed E-state index contributed by atoms with van der Waals surface area (Å²) in [7, 11) is 1.27. The number of methoxy groups -OCH3 is 1. The highest BCUT2D eigenvalue weighted by Crippen LogP contribution is 2.35. The van der Waals surface area contributed by atoms with Crippen LogP contribution in [0.1, 0.15) is 28.9 Å². The van der Waals surface area contributed by atoms with E-state index in [1.165, 1.54) is 25.4 Å². The molecule has 1 aliphatic heterocycles. The molecule has 2 aromatic carbocycles. The van der Waals surface area contributed by atoms with Gasteiger partial charge in [-0.3, -0.25) is 10.1 Å². The van der Waals surface area contributed by atoms with Crippen LogP contribution < -0.4 is 21.7 Å². The van der Waals surface area contributed by atoms with E-state index in [2.05, 4.69) is 25.9 Å². The zero-order chi connectivity index (χ0) is 26.8. The number of hydrogen-bond acceptors (Lipinski definition) is 10. The van der Waals surface area contributed by atoms with Crippen LogP contribution >= 0.6 is 11.6 Å². The second-order valence-corrected chi connectivity index (χ2v) is 8.72. The zero-order valence-corrected chi connectivity index (χ0v) is 21.0. The Labute approximate surface area is 221 Å². The lowest BCUT2D eigenvalue weighted by molar-refractivity contribution is -0.113. The van der Waals surface area contributed by atoms with Gasteiger partial charge in [0.15, 0.2) is 5.58 Å². The van der Waals surface area contributed by atoms with Gasteiger partial charge in [-0.1, -0.05) is 29.8 Å². The molecule has 0 spiro atoms. The molecule has 12 heteroatoms. The van der Waals surface area contributed by atoms with Crippen molar-refractivity contribution in [1.29, 1.82) is 0 Å². The number of ether oxygens (including phenoxy) is 1. The molecular weight excluding hydrogens is 510 g/mol. The number of aromatic nitrogens is 2. The SMILES string of the molecule is COC(=O)c1ccnc(NC(=O)C2=C(C)NC(Nc3nc4cc(N)ccc4o3)=NC2c2ccccc2Cl)c1. The molecule has 5 rings (SSSR count). The van der Waals surface area contributed by atoms with Crippen molar-refractivity contribution in [2.75, 3.05) is 23.5 Å². The largest absolute Gasteiger partial charge is 0.465 e. The Morgan fingerprint density at radius 2 is 1.97 bits per heavy atom. The third-order valence-electron chi connectivity index (χ3n) is 5.75. The van der Waals surface area contributed by atoms with Crippen molar-refractivity contribution in [3.8, 4) is 0 Å². The second kappa shape index (κ2) is 10.2. The van der Waals surface area contributed by atoms with Crippen LogP contribution in [-0.2, 0) is 9.53 Å². The highest BCUT2D eigenvalue weighted by atomic mass is 35.5. The minimum Gasteiger partial charge on any atom is -0.465 e. The topological polar surface area (TPSA) is 157 Å². The van der Waals surface area contributed by atoms with E-state index in [1.54, 1.807) is 43.3 Å². The van der Waals surface area contributed by atoms with E-state index in [9.17, 15) is 9.59 Å². The summed E-state index contributed by atoms with van der Waals surface area (Å²) in [5.74, 6) is -0.549. The van der Waals surface area contributed by atoms with Crippen molar-refractivity contribution in [1.82, 2.24) is 15.3 Å². The Hall–Kier alpha value is -4.90. The van der Waals surface area contributed by atoms with Crippen LogP contribution in [0.3, 0.4) is 0 Å². The van der Waals surface area contributed by atoms with Crippen LogP contribution in [0, 0.1) is 0 Å². The Morgan fingerprint density at radius 1 is 1.16 bits per heavy atom. The van der Waals surface area contributed by atoms with Crippen molar-refractivity contribution in [2.24, 2.45) is 4.99 Å². The number of halogens is 1. The molecule has 0 saturated heterocycles. The highest BCUT2D eigenvalue weighted by molar-refractivity contribution is 6.31. The quantitative estimate of drug-likeness (QED) is 0.218. The summed E-state index contributed by atoms with van der Waals surface area (Å²) in [5.41, 5.74) is 9.21. The molecule has 1 atom stereocenters. The summed E-state index contributed by atoms with van der Waals surface area (Å²) in [6.45, 7) is 1.74. The molecule has 0 radical (unpaired) electrons. The molecule has 1 aliphatic rings. The minimum atomic E-state index is -0.781. The van der Waals surface area contributed by atoms with Crippen LogP contribution in [0.25, 0.3) is 11.1 Å². The highest BCUT2D eigenvalue weighted by Gasteiger charge is 2.31. The molecule has 192 valence electrons. The van der Waals surface area contributed by atoms with Crippen molar-refractivity contribution in [3.63, 3.8) is 0 Å². The van der Waals surface area contributed by atoms with Crippen molar-refractivity contribution >= 4 is 58.1 Å². The number of anilines is 3. The van der Waals surface area contributed by atoms with Crippen LogP contribution in [0.15, 0.2) is 81.5 Å². The van der Waals surface area contributed by atoms with Crippen LogP contribution in [0.2, 0.25) is 5.02 Å². The lowest BCUT2D eigenvalue weighted by Gasteiger charge is -2.26. The number of amides is 1. The van der Waals surface area contributed by atoms with Gasteiger partial charge in [-0.15, -0.1) is 0 Å². The first-order valence-electron chi connectivity index (χ1n) is 11.4. The smallest absolute Gasteiger partial charge is 0.338 e. The number of rotatable bonds is 5. The number of guanidine groups is 1. The third kappa shape index (κ3) is 5.00. The van der Waals surface area contributed by atoms with Gasteiger partial charge in [-0.05, 0) is 43.3 Å². The van der Waals surface area contributed by atoms with E-state index in [-0.39, 0.29) is 17.4 Å². The number of benzene rings is 2. The number of nitrogens with zero attached hydrogens (tertiary/aromatic N) is 3. The van der Waals surface area contributed by atoms with E-state index in [0.29, 0.717) is 44.6 Å². The van der Waals surface area contributed by atoms with E-state index < -0.39 is 17.9 Å². The number of fused-ring (bicyclic) bond motifs is 1. The molecule has 0 fully saturated rings. The maximum atomic E-state index is 13.5. The Balaban J connectivity index is 1.47. The number of nitrogen functional groups attached to an aromatic ring is 1. The summed E-state index contributed by atoms with van der Waals surface area (Å²) in [6, 6.07) is 14.6. The van der Waals surface area contributed by atoms with Gasteiger partial charge in [-0.2, -0.15) is 4.98 Å². The second-order valence-electron chi connectivity index (χ2n) is 8.31. The predicted molar refractivity (Wildman–Crippen MR) is 144 cm³/mol. The molecule has 4 aromatic rings. The van der Waals surface area contributed by atoms with Crippen LogP contribution in [-0.4, -0.2) is 34.9 Å². The summed E-state index contributed by atoms with van der Waals surface area (Å²) in [4.78, 5) is 38.7. The molecule has 3 heterocycles. The van der Waals surface area contributed by atoms with Gasteiger partial charge in [0.25, 0.3) is 5.91 Å². The third-order valence-corrected chi connectivity index (χ3v) is 6.09. The van der Waals surface area contributed by atoms with E-state index in [1.807, 2.05) is 6.07 Å². The fourth-order valence-electron chi connectivity index (χ4n) is 3.98. The first-order chi connectivity index (χ1) is 18.3. The molecule has 38 heavy (non-hydrogen) atoms. The van der Waals surface area contributed by atoms with Gasteiger partial charge in [-0.25, -0.2) is 14.8 Å². The number of oxazole rings is 1. The fraction of sp³-hybridized carbons (Fsp3) is 0.115. The maximum absolute atomic E-state index is 13.5. The molecule has 2 aromatic heterocycles. The lowest BCUT2D eigenvalue weighted by Crippen LogP contribution is -2.37. The van der Waals surface area contributed by atoms with E-state index >= 15 is 0 Å². The number of carbonyl (C=O) groups is 2. The molecule has 5 N–H and O–H groups in total. The van der Waals surface area contributed by atoms with Gasteiger partial charge < -0.3 is 25.5 Å². The number of allylic oxidation sites excluding steroid dienone is 1. The van der Waals surface area contributed by atoms with Gasteiger partial charge in [0.05, 0.1) is 18.2 Å². The molecule has 0 bridgehead atoms. The standard InChI is InChI=1S/C26H22ClN7O4/c1-13-21(23(35)32-20-11-14(9-10-29-20)24(36)37-2)22(16-5-3-4-6-17(16)27)33-25(30-13)34-26-31-18-12-15(28)7-8-19(18)38-26/h3-12,22H,28H2,1-2H3,(H,29,32,35)(H2,30,31,33,34). The molecule has 11 nitrogen and oxygen atoms in total. The first-order valence-corrected chi connectivity index (χ1v) is 11.8. The number of esters is 1. The number of nitrogens with two attached hydrogens (primary N) is 1. The first kappa shape index (κ1) is 24.8. The average molecular weight is 532 g/mol. The number of aliphatic imine (C=N–C) groups is 1. The number of carbonyl (C=O) groups excluding carboxylic acids is 2. The summed E-state index contributed by atoms with van der Waals surface area (Å²) < 4.78 is 10.5. The molecule has 0 aliphatic carbocycles. The Bertz CT molecular complexity index is 1630. The number of hydrogen-bond donors (Lipinski definition) is 4. The van der Waals surface area contributed by atoms with E-state index in [0.717, 1.165) is 0 Å². The van der Waals surface area contributed by atoms with Gasteiger partial charge in [0, 0.05) is 28.2 Å². The van der Waals surface area contributed by atoms with Crippen LogP contribution in [0.4, 0.5) is 17.5 Å². The van der Waals surface area contributed by atoms with Crippen molar-refractivity contribution in [2.45, 2.75) is 13.0 Å². The Kier molecular flexibility index (Phi) is 6.67. The zero-order valence-electron chi connectivity index (χ0n) is 20.3.